The third-order valence-electron chi connectivity index (χ3n) is 4.03. The maximum atomic E-state index is 13.3. The Morgan fingerprint density at radius 3 is 2.85 bits per heavy atom. The minimum absolute atomic E-state index is 0.0355. The zero-order valence-corrected chi connectivity index (χ0v) is 12.4. The Labute approximate surface area is 121 Å². The van der Waals surface area contributed by atoms with Gasteiger partial charge in [-0.25, -0.2) is 4.39 Å². The molecule has 3 nitrogen and oxygen atoms in total. The topological polar surface area (TPSA) is 46.3 Å². The zero-order valence-electron chi connectivity index (χ0n) is 11.6. The predicted octanol–water partition coefficient (Wildman–Crippen LogP) is 3.64. The lowest BCUT2D eigenvalue weighted by atomic mass is 10.0. The van der Waals surface area contributed by atoms with Crippen molar-refractivity contribution < 1.29 is 9.18 Å². The molecule has 0 atom stereocenters. The number of amides is 1. The maximum Gasteiger partial charge on any atom is 0.266 e. The number of hydrogen-bond acceptors (Lipinski definition) is 3. The van der Waals surface area contributed by atoms with Crippen LogP contribution in [-0.4, -0.2) is 22.9 Å². The molecule has 1 aliphatic heterocycles. The van der Waals surface area contributed by atoms with Gasteiger partial charge in [0, 0.05) is 22.2 Å². The number of fused-ring (bicyclic) bond motifs is 1. The Balaban J connectivity index is 2.06. The molecule has 20 heavy (non-hydrogen) atoms. The van der Waals surface area contributed by atoms with Gasteiger partial charge in [0.15, 0.2) is 0 Å². The van der Waals surface area contributed by atoms with Crippen LogP contribution in [0.15, 0.2) is 18.2 Å². The van der Waals surface area contributed by atoms with E-state index in [9.17, 15) is 9.18 Å². The van der Waals surface area contributed by atoms with Gasteiger partial charge in [-0.2, -0.15) is 0 Å². The highest BCUT2D eigenvalue weighted by Gasteiger charge is 2.37. The average molecular weight is 292 g/mol. The minimum Gasteiger partial charge on any atom is -0.397 e. The summed E-state index contributed by atoms with van der Waals surface area (Å²) in [5.74, 6) is -0.367. The van der Waals surface area contributed by atoms with Gasteiger partial charge in [0.1, 0.15) is 10.7 Å². The van der Waals surface area contributed by atoms with E-state index in [4.69, 9.17) is 5.73 Å². The molecule has 0 unspecified atom stereocenters. The molecule has 1 amide bonds. The summed E-state index contributed by atoms with van der Waals surface area (Å²) in [7, 11) is 0. The van der Waals surface area contributed by atoms with E-state index in [0.717, 1.165) is 24.1 Å². The number of anilines is 1. The van der Waals surface area contributed by atoms with E-state index in [1.54, 1.807) is 6.07 Å². The number of rotatable bonds is 1. The van der Waals surface area contributed by atoms with Crippen molar-refractivity contribution in [1.82, 2.24) is 4.90 Å². The van der Waals surface area contributed by atoms with Crippen molar-refractivity contribution in [2.45, 2.75) is 32.2 Å². The number of carbonyl (C=O) groups is 1. The van der Waals surface area contributed by atoms with Crippen LogP contribution < -0.4 is 5.73 Å². The van der Waals surface area contributed by atoms with E-state index >= 15 is 0 Å². The smallest absolute Gasteiger partial charge is 0.266 e. The molecular formula is C15H17FN2OS. The second kappa shape index (κ2) is 4.45. The van der Waals surface area contributed by atoms with Gasteiger partial charge in [0.05, 0.1) is 5.69 Å². The van der Waals surface area contributed by atoms with Crippen LogP contribution in [0.5, 0.6) is 0 Å². The molecular weight excluding hydrogens is 275 g/mol. The van der Waals surface area contributed by atoms with Crippen LogP contribution in [-0.2, 0) is 0 Å². The average Bonchev–Trinajstić information content (AvgIpc) is 2.90. The molecule has 1 fully saturated rings. The molecule has 1 aliphatic rings. The van der Waals surface area contributed by atoms with Gasteiger partial charge >= 0.3 is 0 Å². The summed E-state index contributed by atoms with van der Waals surface area (Å²) in [5.41, 5.74) is 6.33. The summed E-state index contributed by atoms with van der Waals surface area (Å²) in [4.78, 5) is 15.1. The highest BCUT2D eigenvalue weighted by Crippen LogP contribution is 2.38. The summed E-state index contributed by atoms with van der Waals surface area (Å²) in [5, 5.41) is 0.635. The minimum atomic E-state index is -0.331. The van der Waals surface area contributed by atoms with Crippen LogP contribution in [0.4, 0.5) is 10.1 Å². The number of benzene rings is 1. The van der Waals surface area contributed by atoms with Crippen molar-refractivity contribution in [2.75, 3.05) is 12.3 Å². The Kier molecular flexibility index (Phi) is 2.97. The molecule has 1 aromatic carbocycles. The molecule has 106 valence electrons. The fourth-order valence-corrected chi connectivity index (χ4v) is 3.91. The van der Waals surface area contributed by atoms with Gasteiger partial charge in [-0.1, -0.05) is 0 Å². The standard InChI is InChI=1S/C15H17FN2OS/c1-15(2)6-3-7-18(15)14(19)13-12(17)10-8-9(16)4-5-11(10)20-13/h4-5,8H,3,6-7,17H2,1-2H3. The summed E-state index contributed by atoms with van der Waals surface area (Å²) < 4.78 is 14.2. The van der Waals surface area contributed by atoms with E-state index in [0.29, 0.717) is 16.0 Å². The van der Waals surface area contributed by atoms with Crippen molar-refractivity contribution in [1.29, 1.82) is 0 Å². The lowest BCUT2D eigenvalue weighted by molar-refractivity contribution is 0.0658. The van der Waals surface area contributed by atoms with Gasteiger partial charge in [-0.15, -0.1) is 11.3 Å². The van der Waals surface area contributed by atoms with Crippen LogP contribution in [0.1, 0.15) is 36.4 Å². The first-order valence-electron chi connectivity index (χ1n) is 6.70. The van der Waals surface area contributed by atoms with E-state index in [1.165, 1.54) is 23.5 Å². The van der Waals surface area contributed by atoms with Gasteiger partial charge < -0.3 is 10.6 Å². The molecule has 1 saturated heterocycles. The quantitative estimate of drug-likeness (QED) is 0.872. The van der Waals surface area contributed by atoms with E-state index in [2.05, 4.69) is 13.8 Å². The SMILES string of the molecule is CC1(C)CCCN1C(=O)c1sc2ccc(F)cc2c1N. The first-order chi connectivity index (χ1) is 9.40. The highest BCUT2D eigenvalue weighted by atomic mass is 32.1. The van der Waals surface area contributed by atoms with E-state index in [1.807, 2.05) is 4.90 Å². The normalized spacial score (nSPS) is 17.9. The fourth-order valence-electron chi connectivity index (χ4n) is 2.85. The van der Waals surface area contributed by atoms with Gasteiger partial charge in [0.25, 0.3) is 5.91 Å². The second-order valence-corrected chi connectivity index (χ2v) is 6.91. The summed E-state index contributed by atoms with van der Waals surface area (Å²) in [6.45, 7) is 4.90. The lowest BCUT2D eigenvalue weighted by Crippen LogP contribution is -2.42. The van der Waals surface area contributed by atoms with Crippen LogP contribution in [0.2, 0.25) is 0 Å². The van der Waals surface area contributed by atoms with Crippen LogP contribution in [0.25, 0.3) is 10.1 Å². The summed E-state index contributed by atoms with van der Waals surface area (Å²) >= 11 is 1.35. The second-order valence-electron chi connectivity index (χ2n) is 5.86. The monoisotopic (exact) mass is 292 g/mol. The van der Waals surface area contributed by atoms with E-state index < -0.39 is 0 Å². The van der Waals surface area contributed by atoms with Crippen molar-refractivity contribution in [2.24, 2.45) is 0 Å². The molecule has 0 spiro atoms. The Hall–Kier alpha value is -1.62. The Morgan fingerprint density at radius 2 is 2.20 bits per heavy atom. The number of likely N-dealkylation sites (tertiary alicyclic amines) is 1. The number of nitrogen functional groups attached to an aromatic ring is 1. The third-order valence-corrected chi connectivity index (χ3v) is 5.20. The third kappa shape index (κ3) is 1.97. The van der Waals surface area contributed by atoms with Crippen LogP contribution in [0.3, 0.4) is 0 Å². The van der Waals surface area contributed by atoms with Crippen molar-refractivity contribution >= 4 is 33.0 Å². The Bertz CT molecular complexity index is 692. The molecule has 1 aromatic heterocycles. The largest absolute Gasteiger partial charge is 0.397 e. The molecule has 0 aliphatic carbocycles. The number of halogens is 1. The highest BCUT2D eigenvalue weighted by molar-refractivity contribution is 7.21. The van der Waals surface area contributed by atoms with Gasteiger partial charge in [0.2, 0.25) is 0 Å². The molecule has 3 rings (SSSR count). The molecule has 5 heteroatoms. The maximum absolute atomic E-state index is 13.3. The number of thiophene rings is 1. The van der Waals surface area contributed by atoms with Gasteiger partial charge in [-0.3, -0.25) is 4.79 Å². The Morgan fingerprint density at radius 1 is 1.45 bits per heavy atom. The zero-order chi connectivity index (χ0) is 14.5. The first kappa shape index (κ1) is 13.4. The first-order valence-corrected chi connectivity index (χ1v) is 7.51. The predicted molar refractivity (Wildman–Crippen MR) is 80.5 cm³/mol. The van der Waals surface area contributed by atoms with Crippen molar-refractivity contribution in [3.63, 3.8) is 0 Å². The molecule has 0 bridgehead atoms. The number of carbonyl (C=O) groups excluding carboxylic acids is 1. The lowest BCUT2D eigenvalue weighted by Gasteiger charge is -2.31. The number of nitrogens with zero attached hydrogens (tertiary/aromatic N) is 1. The fraction of sp³-hybridized carbons (Fsp3) is 0.400. The van der Waals surface area contributed by atoms with Gasteiger partial charge in [-0.05, 0) is 44.9 Å². The van der Waals surface area contributed by atoms with Crippen molar-refractivity contribution in [3.05, 3.63) is 28.9 Å². The summed E-state index contributed by atoms with van der Waals surface area (Å²) in [6, 6.07) is 4.47. The van der Waals surface area contributed by atoms with Crippen LogP contribution in [0, 0.1) is 5.82 Å². The number of hydrogen-bond donors (Lipinski definition) is 1. The molecule has 0 radical (unpaired) electrons. The van der Waals surface area contributed by atoms with Crippen LogP contribution >= 0.6 is 11.3 Å². The summed E-state index contributed by atoms with van der Waals surface area (Å²) in [6.07, 6.45) is 2.01. The molecule has 0 saturated carbocycles. The van der Waals surface area contributed by atoms with E-state index in [-0.39, 0.29) is 17.3 Å². The molecule has 2 heterocycles. The number of nitrogens with two attached hydrogens (primary N) is 1. The molecule has 2 N–H and O–H groups in total. The molecule has 2 aromatic rings. The van der Waals surface area contributed by atoms with Crippen molar-refractivity contribution in [3.8, 4) is 0 Å².